The van der Waals surface area contributed by atoms with Crippen LogP contribution in [0.15, 0.2) is 36.8 Å². The number of hydrogen-bond donors (Lipinski definition) is 1. The third-order valence-electron chi connectivity index (χ3n) is 6.43. The zero-order valence-electron chi connectivity index (χ0n) is 20.2. The van der Waals surface area contributed by atoms with Crippen molar-refractivity contribution in [2.45, 2.75) is 39.0 Å². The summed E-state index contributed by atoms with van der Waals surface area (Å²) in [6.07, 6.45) is 5.68. The van der Waals surface area contributed by atoms with E-state index in [0.717, 1.165) is 28.7 Å². The van der Waals surface area contributed by atoms with Crippen molar-refractivity contribution in [3.63, 3.8) is 0 Å². The Labute approximate surface area is 207 Å². The summed E-state index contributed by atoms with van der Waals surface area (Å²) >= 11 is 0. The molecule has 4 aromatic rings. The van der Waals surface area contributed by atoms with Gasteiger partial charge < -0.3 is 19.5 Å². The Kier molecular flexibility index (Phi) is 6.20. The molecule has 0 fully saturated rings. The molecule has 0 amide bonds. The number of rotatable bonds is 6. The monoisotopic (exact) mass is 491 g/mol. The summed E-state index contributed by atoms with van der Waals surface area (Å²) in [6.45, 7) is 5.48. The molecule has 5 heterocycles. The SMILES string of the molecule is COc1cnn2cc(-c3nn4c(c3C)CCN(C#N)CC4)cc(OC(c3ccc(F)cn3)[C@@H](C)O)c12. The molecule has 0 radical (unpaired) electrons. The van der Waals surface area contributed by atoms with E-state index in [1.165, 1.54) is 12.1 Å². The molecular weight excluding hydrogens is 465 g/mol. The Bertz CT molecular complexity index is 1440. The highest BCUT2D eigenvalue weighted by atomic mass is 19.1. The lowest BCUT2D eigenvalue weighted by Crippen LogP contribution is -2.22. The second-order valence-electron chi connectivity index (χ2n) is 8.76. The third-order valence-corrected chi connectivity index (χ3v) is 6.43. The predicted octanol–water partition coefficient (Wildman–Crippen LogP) is 2.89. The maximum absolute atomic E-state index is 13.5. The molecule has 4 aromatic heterocycles. The van der Waals surface area contributed by atoms with Crippen molar-refractivity contribution >= 4 is 5.52 Å². The molecule has 186 valence electrons. The van der Waals surface area contributed by atoms with Crippen LogP contribution in [-0.2, 0) is 13.0 Å². The predicted molar refractivity (Wildman–Crippen MR) is 128 cm³/mol. The second-order valence-corrected chi connectivity index (χ2v) is 8.76. The van der Waals surface area contributed by atoms with Crippen LogP contribution in [0.4, 0.5) is 4.39 Å². The van der Waals surface area contributed by atoms with E-state index in [0.29, 0.717) is 48.8 Å². The average Bonchev–Trinajstić information content (AvgIpc) is 3.36. The van der Waals surface area contributed by atoms with Crippen LogP contribution in [0.5, 0.6) is 11.5 Å². The molecule has 0 spiro atoms. The topological polar surface area (TPSA) is 114 Å². The normalized spacial score (nSPS) is 15.2. The number of methoxy groups -OCH3 is 1. The Hall–Kier alpha value is -4.17. The van der Waals surface area contributed by atoms with Gasteiger partial charge in [-0.2, -0.15) is 15.5 Å². The van der Waals surface area contributed by atoms with Crippen molar-refractivity contribution in [2.24, 2.45) is 0 Å². The molecule has 10 nitrogen and oxygen atoms in total. The van der Waals surface area contributed by atoms with Gasteiger partial charge in [-0.05, 0) is 37.6 Å². The summed E-state index contributed by atoms with van der Waals surface area (Å²) in [5.41, 5.74) is 4.63. The van der Waals surface area contributed by atoms with Gasteiger partial charge in [0.25, 0.3) is 0 Å². The number of pyridine rings is 2. The van der Waals surface area contributed by atoms with Gasteiger partial charge in [0.15, 0.2) is 29.3 Å². The first-order valence-electron chi connectivity index (χ1n) is 11.6. The van der Waals surface area contributed by atoms with Crippen molar-refractivity contribution in [3.8, 4) is 28.9 Å². The van der Waals surface area contributed by atoms with E-state index >= 15 is 0 Å². The number of halogens is 1. The largest absolute Gasteiger partial charge is 0.493 e. The minimum atomic E-state index is -0.936. The number of nitriles is 1. The molecular formula is C25H26FN7O3. The molecule has 0 aliphatic carbocycles. The fraction of sp³-hybridized carbons (Fsp3) is 0.360. The van der Waals surface area contributed by atoms with Gasteiger partial charge in [0.2, 0.25) is 0 Å². The van der Waals surface area contributed by atoms with Gasteiger partial charge in [-0.15, -0.1) is 0 Å². The summed E-state index contributed by atoms with van der Waals surface area (Å²) in [5, 5.41) is 29.0. The maximum atomic E-state index is 13.5. The first-order valence-corrected chi connectivity index (χ1v) is 11.6. The number of aromatic nitrogens is 5. The first-order chi connectivity index (χ1) is 17.4. The number of ether oxygens (including phenoxy) is 2. The van der Waals surface area contributed by atoms with Gasteiger partial charge in [0.1, 0.15) is 5.82 Å². The number of fused-ring (bicyclic) bond motifs is 2. The van der Waals surface area contributed by atoms with Crippen LogP contribution >= 0.6 is 0 Å². The van der Waals surface area contributed by atoms with Crippen LogP contribution in [0.2, 0.25) is 0 Å². The molecule has 1 aliphatic heterocycles. The number of aliphatic hydroxyl groups excluding tert-OH is 1. The second kappa shape index (κ2) is 9.47. The van der Waals surface area contributed by atoms with Crippen LogP contribution in [0.3, 0.4) is 0 Å². The summed E-state index contributed by atoms with van der Waals surface area (Å²) in [6, 6.07) is 4.61. The highest BCUT2D eigenvalue weighted by Crippen LogP contribution is 2.37. The van der Waals surface area contributed by atoms with E-state index in [4.69, 9.17) is 14.6 Å². The van der Waals surface area contributed by atoms with Crippen LogP contribution in [0.25, 0.3) is 16.8 Å². The van der Waals surface area contributed by atoms with Crippen LogP contribution in [0.1, 0.15) is 30.0 Å². The van der Waals surface area contributed by atoms with E-state index in [1.807, 2.05) is 23.9 Å². The summed E-state index contributed by atoms with van der Waals surface area (Å²) < 4.78 is 28.9. The Morgan fingerprint density at radius 2 is 2.03 bits per heavy atom. The Morgan fingerprint density at radius 1 is 1.19 bits per heavy atom. The van der Waals surface area contributed by atoms with E-state index in [9.17, 15) is 14.8 Å². The molecule has 0 saturated heterocycles. The molecule has 2 atom stereocenters. The summed E-state index contributed by atoms with van der Waals surface area (Å²) in [5.74, 6) is 0.442. The minimum Gasteiger partial charge on any atom is -0.493 e. The number of hydrogen-bond acceptors (Lipinski definition) is 8. The van der Waals surface area contributed by atoms with Gasteiger partial charge in [-0.3, -0.25) is 9.67 Å². The van der Waals surface area contributed by atoms with Gasteiger partial charge in [-0.1, -0.05) is 0 Å². The van der Waals surface area contributed by atoms with Crippen LogP contribution < -0.4 is 9.47 Å². The molecule has 36 heavy (non-hydrogen) atoms. The standard InChI is InChI=1S/C25H26FN7O3/c1-15-20-6-7-31(14-27)8-9-32(20)30-23(15)17-10-21(24-22(35-3)12-29-33(24)13-17)36-25(16(2)34)19-5-4-18(26)11-28-19/h4-5,10-13,16,25,34H,6-9H2,1-3H3/t16-,25?/m1/s1. The van der Waals surface area contributed by atoms with Gasteiger partial charge >= 0.3 is 0 Å². The maximum Gasteiger partial charge on any atom is 0.179 e. The van der Waals surface area contributed by atoms with Crippen molar-refractivity contribution < 1.29 is 19.0 Å². The third kappa shape index (κ3) is 4.20. The van der Waals surface area contributed by atoms with Crippen LogP contribution in [0, 0.1) is 24.2 Å². The number of nitrogens with zero attached hydrogens (tertiary/aromatic N) is 7. The Balaban J connectivity index is 1.60. The molecule has 1 N–H and O–H groups in total. The van der Waals surface area contributed by atoms with Crippen LogP contribution in [-0.4, -0.2) is 60.7 Å². The molecule has 0 saturated carbocycles. The smallest absolute Gasteiger partial charge is 0.179 e. The fourth-order valence-electron chi connectivity index (χ4n) is 4.55. The highest BCUT2D eigenvalue weighted by Gasteiger charge is 2.26. The van der Waals surface area contributed by atoms with Crippen molar-refractivity contribution in [2.75, 3.05) is 20.2 Å². The average molecular weight is 492 g/mol. The van der Waals surface area contributed by atoms with Crippen molar-refractivity contribution in [1.82, 2.24) is 29.3 Å². The van der Waals surface area contributed by atoms with E-state index < -0.39 is 18.0 Å². The molecule has 11 heteroatoms. The van der Waals surface area contributed by atoms with E-state index in [-0.39, 0.29) is 0 Å². The molecule has 1 unspecified atom stereocenters. The fourth-order valence-corrected chi connectivity index (χ4v) is 4.55. The van der Waals surface area contributed by atoms with E-state index in [2.05, 4.69) is 16.3 Å². The zero-order chi connectivity index (χ0) is 25.4. The van der Waals surface area contributed by atoms with Gasteiger partial charge in [0, 0.05) is 37.0 Å². The van der Waals surface area contributed by atoms with Gasteiger partial charge in [0.05, 0.1) is 43.5 Å². The quantitative estimate of drug-likeness (QED) is 0.410. The lowest BCUT2D eigenvalue weighted by atomic mass is 10.1. The molecule has 5 rings (SSSR count). The number of aliphatic hydroxyl groups is 1. The van der Waals surface area contributed by atoms with E-state index in [1.54, 1.807) is 29.6 Å². The minimum absolute atomic E-state index is 0.389. The van der Waals surface area contributed by atoms with Crippen molar-refractivity contribution in [3.05, 3.63) is 59.6 Å². The van der Waals surface area contributed by atoms with Gasteiger partial charge in [-0.25, -0.2) is 8.91 Å². The first kappa shape index (κ1) is 23.6. The lowest BCUT2D eigenvalue weighted by Gasteiger charge is -2.22. The zero-order valence-corrected chi connectivity index (χ0v) is 20.2. The molecule has 0 aromatic carbocycles. The highest BCUT2D eigenvalue weighted by molar-refractivity contribution is 5.75. The summed E-state index contributed by atoms with van der Waals surface area (Å²) in [7, 11) is 1.55. The summed E-state index contributed by atoms with van der Waals surface area (Å²) in [4.78, 5) is 5.85. The molecule has 1 aliphatic rings. The Morgan fingerprint density at radius 3 is 2.72 bits per heavy atom. The lowest BCUT2D eigenvalue weighted by molar-refractivity contribution is 0.0460. The van der Waals surface area contributed by atoms with Crippen molar-refractivity contribution in [1.29, 1.82) is 5.26 Å². The molecule has 0 bridgehead atoms.